The lowest BCUT2D eigenvalue weighted by Crippen LogP contribution is -2.42. The standard InChI is InChI=1S/C23H22ClN3O3S2/c1-30-11-10-26(23(29)21-9-5-13-32-21)15-22(28)27-19(16-6-2-3-7-17(16)24)14-18(25-27)20-8-4-12-31-20/h2-9,12-13,19H,10-11,14-15H2,1H3/t19-/m0/s1. The van der Waals surface area contributed by atoms with Crippen LogP contribution in [-0.2, 0) is 9.53 Å². The summed E-state index contributed by atoms with van der Waals surface area (Å²) >= 11 is 9.40. The predicted molar refractivity (Wildman–Crippen MR) is 129 cm³/mol. The second-order valence-corrected chi connectivity index (χ2v) is 9.50. The fraction of sp³-hybridized carbons (Fsp3) is 0.261. The van der Waals surface area contributed by atoms with Crippen molar-refractivity contribution in [1.82, 2.24) is 9.91 Å². The molecule has 1 atom stereocenters. The molecule has 32 heavy (non-hydrogen) atoms. The van der Waals surface area contributed by atoms with E-state index in [2.05, 4.69) is 5.10 Å². The van der Waals surface area contributed by atoms with Crippen molar-refractivity contribution < 1.29 is 14.3 Å². The number of carbonyl (C=O) groups excluding carboxylic acids is 2. The molecule has 166 valence electrons. The van der Waals surface area contributed by atoms with Crippen LogP contribution in [-0.4, -0.2) is 54.2 Å². The maximum absolute atomic E-state index is 13.5. The average molecular weight is 488 g/mol. The van der Waals surface area contributed by atoms with E-state index < -0.39 is 0 Å². The summed E-state index contributed by atoms with van der Waals surface area (Å²) in [6.45, 7) is 0.551. The SMILES string of the molecule is COCCN(CC(=O)N1N=C(c2cccs2)C[C@H]1c1ccccc1Cl)C(=O)c1cccs1. The second kappa shape index (κ2) is 10.4. The van der Waals surface area contributed by atoms with Gasteiger partial charge in [0.2, 0.25) is 0 Å². The Bertz CT molecular complexity index is 1100. The first-order chi connectivity index (χ1) is 15.6. The molecule has 0 radical (unpaired) electrons. The van der Waals surface area contributed by atoms with Gasteiger partial charge in [0.1, 0.15) is 6.54 Å². The predicted octanol–water partition coefficient (Wildman–Crippen LogP) is 4.93. The van der Waals surface area contributed by atoms with Gasteiger partial charge in [0.15, 0.2) is 0 Å². The molecule has 0 saturated carbocycles. The fourth-order valence-corrected chi connectivity index (χ4v) is 5.24. The number of hydrazone groups is 1. The summed E-state index contributed by atoms with van der Waals surface area (Å²) < 4.78 is 5.16. The summed E-state index contributed by atoms with van der Waals surface area (Å²) in [4.78, 5) is 29.5. The topological polar surface area (TPSA) is 62.2 Å². The van der Waals surface area contributed by atoms with Gasteiger partial charge in [0, 0.05) is 25.1 Å². The molecule has 0 spiro atoms. The van der Waals surface area contributed by atoms with Gasteiger partial charge in [-0.2, -0.15) is 5.10 Å². The summed E-state index contributed by atoms with van der Waals surface area (Å²) in [5.74, 6) is -0.455. The third-order valence-electron chi connectivity index (χ3n) is 5.15. The van der Waals surface area contributed by atoms with Gasteiger partial charge in [-0.25, -0.2) is 5.01 Å². The minimum Gasteiger partial charge on any atom is -0.383 e. The highest BCUT2D eigenvalue weighted by molar-refractivity contribution is 7.12. The van der Waals surface area contributed by atoms with Crippen LogP contribution in [0.15, 0.2) is 64.4 Å². The molecule has 3 aromatic rings. The number of thiophene rings is 2. The number of hydrogen-bond acceptors (Lipinski definition) is 6. The Morgan fingerprint density at radius 3 is 2.62 bits per heavy atom. The van der Waals surface area contributed by atoms with Crippen molar-refractivity contribution in [1.29, 1.82) is 0 Å². The first-order valence-electron chi connectivity index (χ1n) is 10.1. The number of halogens is 1. The van der Waals surface area contributed by atoms with E-state index in [0.717, 1.165) is 16.2 Å². The van der Waals surface area contributed by atoms with Crippen molar-refractivity contribution in [2.24, 2.45) is 5.10 Å². The first-order valence-corrected chi connectivity index (χ1v) is 12.2. The number of rotatable bonds is 8. The van der Waals surface area contributed by atoms with Gasteiger partial charge in [-0.05, 0) is 34.5 Å². The molecule has 3 heterocycles. The zero-order chi connectivity index (χ0) is 22.5. The Kier molecular flexibility index (Phi) is 7.36. The van der Waals surface area contributed by atoms with Crippen molar-refractivity contribution in [3.63, 3.8) is 0 Å². The summed E-state index contributed by atoms with van der Waals surface area (Å²) in [6.07, 6.45) is 0.562. The number of nitrogens with zero attached hydrogens (tertiary/aromatic N) is 3. The molecule has 2 aromatic heterocycles. The van der Waals surface area contributed by atoms with Crippen LogP contribution in [0.5, 0.6) is 0 Å². The summed E-state index contributed by atoms with van der Waals surface area (Å²) in [5, 5.41) is 10.6. The van der Waals surface area contributed by atoms with E-state index in [1.54, 1.807) is 24.5 Å². The Labute approximate surface area is 199 Å². The molecule has 0 fully saturated rings. The number of benzene rings is 1. The molecule has 1 aliphatic heterocycles. The molecule has 6 nitrogen and oxygen atoms in total. The largest absolute Gasteiger partial charge is 0.383 e. The maximum atomic E-state index is 13.5. The first kappa shape index (κ1) is 22.7. The highest BCUT2D eigenvalue weighted by Crippen LogP contribution is 2.37. The summed E-state index contributed by atoms with van der Waals surface area (Å²) in [6, 6.07) is 14.7. The highest BCUT2D eigenvalue weighted by Gasteiger charge is 2.35. The third kappa shape index (κ3) is 4.94. The smallest absolute Gasteiger partial charge is 0.264 e. The normalized spacial score (nSPS) is 15.6. The average Bonchev–Trinajstić information content (AvgIpc) is 3.57. The van der Waals surface area contributed by atoms with Gasteiger partial charge in [-0.3, -0.25) is 9.59 Å². The van der Waals surface area contributed by atoms with Gasteiger partial charge in [-0.1, -0.05) is 41.9 Å². The van der Waals surface area contributed by atoms with Crippen LogP contribution in [0, 0.1) is 0 Å². The van der Waals surface area contributed by atoms with Crippen LogP contribution in [0.4, 0.5) is 0 Å². The quantitative estimate of drug-likeness (QED) is 0.452. The van der Waals surface area contributed by atoms with Crippen LogP contribution in [0.3, 0.4) is 0 Å². The van der Waals surface area contributed by atoms with Crippen molar-refractivity contribution in [2.75, 3.05) is 26.8 Å². The molecule has 0 saturated heterocycles. The van der Waals surface area contributed by atoms with Crippen molar-refractivity contribution in [3.8, 4) is 0 Å². The molecule has 0 bridgehead atoms. The third-order valence-corrected chi connectivity index (χ3v) is 7.27. The van der Waals surface area contributed by atoms with Crippen molar-refractivity contribution in [2.45, 2.75) is 12.5 Å². The Balaban J connectivity index is 1.61. The fourth-order valence-electron chi connectivity index (χ4n) is 3.57. The van der Waals surface area contributed by atoms with Gasteiger partial charge in [-0.15, -0.1) is 22.7 Å². The van der Waals surface area contributed by atoms with Crippen LogP contribution >= 0.6 is 34.3 Å². The lowest BCUT2D eigenvalue weighted by Gasteiger charge is -2.27. The number of carbonyl (C=O) groups is 2. The van der Waals surface area contributed by atoms with Gasteiger partial charge in [0.25, 0.3) is 11.8 Å². The van der Waals surface area contributed by atoms with E-state index in [0.29, 0.717) is 29.5 Å². The molecule has 1 aromatic carbocycles. The number of amides is 2. The molecular formula is C23H22ClN3O3S2. The highest BCUT2D eigenvalue weighted by atomic mass is 35.5. The number of hydrogen-bond donors (Lipinski definition) is 0. The van der Waals surface area contributed by atoms with E-state index in [1.165, 1.54) is 21.2 Å². The van der Waals surface area contributed by atoms with Crippen molar-refractivity contribution in [3.05, 3.63) is 79.6 Å². The monoisotopic (exact) mass is 487 g/mol. The molecule has 0 N–H and O–H groups in total. The lowest BCUT2D eigenvalue weighted by atomic mass is 10.0. The van der Waals surface area contributed by atoms with Crippen LogP contribution in [0.2, 0.25) is 5.02 Å². The number of ether oxygens (including phenoxy) is 1. The number of methoxy groups -OCH3 is 1. The van der Waals surface area contributed by atoms with Crippen molar-refractivity contribution >= 4 is 51.8 Å². The minimum absolute atomic E-state index is 0.0950. The minimum atomic E-state index is -0.325. The van der Waals surface area contributed by atoms with Gasteiger partial charge in [0.05, 0.1) is 28.1 Å². The Hall–Kier alpha value is -2.52. The lowest BCUT2D eigenvalue weighted by molar-refractivity contribution is -0.133. The zero-order valence-electron chi connectivity index (χ0n) is 17.4. The maximum Gasteiger partial charge on any atom is 0.264 e. The molecule has 0 unspecified atom stereocenters. The molecule has 1 aliphatic rings. The van der Waals surface area contributed by atoms with Gasteiger partial charge < -0.3 is 9.64 Å². The van der Waals surface area contributed by atoms with E-state index >= 15 is 0 Å². The van der Waals surface area contributed by atoms with Crippen LogP contribution in [0.1, 0.15) is 32.6 Å². The molecular weight excluding hydrogens is 466 g/mol. The van der Waals surface area contributed by atoms with Crippen LogP contribution < -0.4 is 0 Å². The zero-order valence-corrected chi connectivity index (χ0v) is 19.8. The summed E-state index contributed by atoms with van der Waals surface area (Å²) in [5.41, 5.74) is 1.68. The van der Waals surface area contributed by atoms with Crippen LogP contribution in [0.25, 0.3) is 0 Å². The second-order valence-electron chi connectivity index (χ2n) is 7.20. The van der Waals surface area contributed by atoms with E-state index in [-0.39, 0.29) is 24.4 Å². The molecule has 9 heteroatoms. The summed E-state index contributed by atoms with van der Waals surface area (Å²) in [7, 11) is 1.57. The molecule has 4 rings (SSSR count). The molecule has 2 amide bonds. The van der Waals surface area contributed by atoms with E-state index in [1.807, 2.05) is 53.2 Å². The Morgan fingerprint density at radius 1 is 1.16 bits per heavy atom. The van der Waals surface area contributed by atoms with E-state index in [9.17, 15) is 9.59 Å². The van der Waals surface area contributed by atoms with E-state index in [4.69, 9.17) is 16.3 Å². The Morgan fingerprint density at radius 2 is 1.94 bits per heavy atom. The van der Waals surface area contributed by atoms with Gasteiger partial charge >= 0.3 is 0 Å². The molecule has 0 aliphatic carbocycles.